The van der Waals surface area contributed by atoms with Crippen LogP contribution >= 0.6 is 0 Å². The summed E-state index contributed by atoms with van der Waals surface area (Å²) in [7, 11) is 0. The van der Waals surface area contributed by atoms with Crippen LogP contribution in [0.5, 0.6) is 0 Å². The number of hydrogen-bond acceptors (Lipinski definition) is 2. The Morgan fingerprint density at radius 1 is 1.00 bits per heavy atom. The van der Waals surface area contributed by atoms with Crippen LogP contribution in [0.2, 0.25) is 0 Å². The standard InChI is InChI=1S/C17H14N2O/c1-13-7-5-6-10-16(13)19-11-15(12-20)17(18-19)14-8-3-2-4-9-14/h2-12H,1H3. The number of aldehydes is 1. The molecule has 3 nitrogen and oxygen atoms in total. The highest BCUT2D eigenvalue weighted by atomic mass is 16.1. The number of hydrogen-bond donors (Lipinski definition) is 0. The molecule has 0 spiro atoms. The number of aryl methyl sites for hydroxylation is 1. The van der Waals surface area contributed by atoms with Crippen molar-refractivity contribution in [1.82, 2.24) is 9.78 Å². The molecule has 3 aromatic rings. The summed E-state index contributed by atoms with van der Waals surface area (Å²) in [5, 5.41) is 4.57. The SMILES string of the molecule is Cc1ccccc1-n1cc(C=O)c(-c2ccccc2)n1. The first-order valence-corrected chi connectivity index (χ1v) is 6.46. The third-order valence-corrected chi connectivity index (χ3v) is 3.28. The first-order chi connectivity index (χ1) is 9.79. The average Bonchev–Trinajstić information content (AvgIpc) is 2.92. The Balaban J connectivity index is 2.15. The number of carbonyl (C=O) groups excluding carboxylic acids is 1. The van der Waals surface area contributed by atoms with Gasteiger partial charge in [-0.1, -0.05) is 48.5 Å². The molecule has 0 amide bonds. The molecule has 0 aliphatic rings. The summed E-state index contributed by atoms with van der Waals surface area (Å²) in [6.45, 7) is 2.03. The molecule has 0 atom stereocenters. The Morgan fingerprint density at radius 2 is 1.70 bits per heavy atom. The predicted molar refractivity (Wildman–Crippen MR) is 79.1 cm³/mol. The summed E-state index contributed by atoms with van der Waals surface area (Å²) in [4.78, 5) is 11.3. The zero-order valence-corrected chi connectivity index (χ0v) is 11.2. The summed E-state index contributed by atoms with van der Waals surface area (Å²) < 4.78 is 1.77. The normalized spacial score (nSPS) is 10.4. The van der Waals surface area contributed by atoms with Crippen LogP contribution in [0.25, 0.3) is 16.9 Å². The fourth-order valence-electron chi connectivity index (χ4n) is 2.24. The van der Waals surface area contributed by atoms with Gasteiger partial charge in [-0.25, -0.2) is 4.68 Å². The van der Waals surface area contributed by atoms with E-state index in [0.29, 0.717) is 11.3 Å². The number of para-hydroxylation sites is 1. The Kier molecular flexibility index (Phi) is 3.17. The Labute approximate surface area is 117 Å². The van der Waals surface area contributed by atoms with Crippen LogP contribution in [-0.4, -0.2) is 16.1 Å². The number of aromatic nitrogens is 2. The summed E-state index contributed by atoms with van der Waals surface area (Å²) in [6.07, 6.45) is 2.63. The van der Waals surface area contributed by atoms with Gasteiger partial charge in [0, 0.05) is 11.8 Å². The molecule has 0 saturated heterocycles. The number of nitrogens with zero attached hydrogens (tertiary/aromatic N) is 2. The first-order valence-electron chi connectivity index (χ1n) is 6.46. The van der Waals surface area contributed by atoms with Crippen LogP contribution in [0.3, 0.4) is 0 Å². The second-order valence-electron chi connectivity index (χ2n) is 4.65. The maximum absolute atomic E-state index is 11.3. The number of rotatable bonds is 3. The largest absolute Gasteiger partial charge is 0.298 e. The van der Waals surface area contributed by atoms with Gasteiger partial charge in [-0.05, 0) is 18.6 Å². The van der Waals surface area contributed by atoms with Crippen LogP contribution < -0.4 is 0 Å². The van der Waals surface area contributed by atoms with Crippen molar-refractivity contribution in [2.24, 2.45) is 0 Å². The Morgan fingerprint density at radius 3 is 2.40 bits per heavy atom. The van der Waals surface area contributed by atoms with Crippen molar-refractivity contribution in [3.63, 3.8) is 0 Å². The molecule has 20 heavy (non-hydrogen) atoms. The maximum Gasteiger partial charge on any atom is 0.153 e. The molecule has 1 aromatic heterocycles. The van der Waals surface area contributed by atoms with E-state index in [1.165, 1.54) is 0 Å². The van der Waals surface area contributed by atoms with Crippen LogP contribution in [0, 0.1) is 6.92 Å². The summed E-state index contributed by atoms with van der Waals surface area (Å²) >= 11 is 0. The van der Waals surface area contributed by atoms with E-state index in [2.05, 4.69) is 5.10 Å². The van der Waals surface area contributed by atoms with Crippen LogP contribution in [0.4, 0.5) is 0 Å². The van der Waals surface area contributed by atoms with E-state index in [0.717, 1.165) is 23.1 Å². The quantitative estimate of drug-likeness (QED) is 0.675. The van der Waals surface area contributed by atoms with E-state index in [9.17, 15) is 4.79 Å². The van der Waals surface area contributed by atoms with Crippen molar-refractivity contribution >= 4 is 6.29 Å². The predicted octanol–water partition coefficient (Wildman–Crippen LogP) is 3.66. The lowest BCUT2D eigenvalue weighted by Crippen LogP contribution is -1.97. The molecule has 0 saturated carbocycles. The van der Waals surface area contributed by atoms with E-state index in [4.69, 9.17) is 0 Å². The average molecular weight is 262 g/mol. The van der Waals surface area contributed by atoms with Gasteiger partial charge in [-0.3, -0.25) is 4.79 Å². The molecule has 0 N–H and O–H groups in total. The summed E-state index contributed by atoms with van der Waals surface area (Å²) in [5.41, 5.74) is 4.36. The van der Waals surface area contributed by atoms with Crippen LogP contribution in [0.1, 0.15) is 15.9 Å². The molecule has 3 rings (SSSR count). The van der Waals surface area contributed by atoms with Gasteiger partial charge < -0.3 is 0 Å². The van der Waals surface area contributed by atoms with Crippen LogP contribution in [-0.2, 0) is 0 Å². The maximum atomic E-state index is 11.3. The van der Waals surface area contributed by atoms with Gasteiger partial charge in [0.15, 0.2) is 6.29 Å². The first kappa shape index (κ1) is 12.4. The van der Waals surface area contributed by atoms with E-state index in [1.54, 1.807) is 10.9 Å². The van der Waals surface area contributed by atoms with E-state index < -0.39 is 0 Å². The third-order valence-electron chi connectivity index (χ3n) is 3.28. The van der Waals surface area contributed by atoms with Gasteiger partial charge in [0.2, 0.25) is 0 Å². The van der Waals surface area contributed by atoms with Gasteiger partial charge in [0.05, 0.1) is 11.3 Å². The molecule has 3 heteroatoms. The van der Waals surface area contributed by atoms with Crippen molar-refractivity contribution in [2.75, 3.05) is 0 Å². The van der Waals surface area contributed by atoms with Crippen molar-refractivity contribution in [3.05, 3.63) is 71.9 Å². The summed E-state index contributed by atoms with van der Waals surface area (Å²) in [6, 6.07) is 17.7. The molecular formula is C17H14N2O. The molecule has 0 aliphatic carbocycles. The lowest BCUT2D eigenvalue weighted by molar-refractivity contribution is 0.112. The highest BCUT2D eigenvalue weighted by molar-refractivity contribution is 5.85. The van der Waals surface area contributed by atoms with Gasteiger partial charge in [-0.15, -0.1) is 0 Å². The lowest BCUT2D eigenvalue weighted by Gasteiger charge is -2.04. The topological polar surface area (TPSA) is 34.9 Å². The molecule has 0 bridgehead atoms. The molecule has 1 heterocycles. The van der Waals surface area contributed by atoms with Gasteiger partial charge in [0.1, 0.15) is 5.69 Å². The van der Waals surface area contributed by atoms with Crippen molar-refractivity contribution < 1.29 is 4.79 Å². The molecular weight excluding hydrogens is 248 g/mol. The van der Waals surface area contributed by atoms with Gasteiger partial charge >= 0.3 is 0 Å². The number of benzene rings is 2. The monoisotopic (exact) mass is 262 g/mol. The zero-order chi connectivity index (χ0) is 13.9. The third kappa shape index (κ3) is 2.14. The minimum atomic E-state index is 0.597. The molecule has 0 fully saturated rings. The smallest absolute Gasteiger partial charge is 0.153 e. The highest BCUT2D eigenvalue weighted by Crippen LogP contribution is 2.23. The molecule has 0 aliphatic heterocycles. The van der Waals surface area contributed by atoms with Gasteiger partial charge in [-0.2, -0.15) is 5.10 Å². The fourth-order valence-corrected chi connectivity index (χ4v) is 2.24. The zero-order valence-electron chi connectivity index (χ0n) is 11.2. The minimum Gasteiger partial charge on any atom is -0.298 e. The second kappa shape index (κ2) is 5.13. The number of carbonyl (C=O) groups is 1. The highest BCUT2D eigenvalue weighted by Gasteiger charge is 2.12. The van der Waals surface area contributed by atoms with Crippen molar-refractivity contribution in [2.45, 2.75) is 6.92 Å². The van der Waals surface area contributed by atoms with E-state index in [1.807, 2.05) is 61.5 Å². The fraction of sp³-hybridized carbons (Fsp3) is 0.0588. The Bertz CT molecular complexity index is 745. The van der Waals surface area contributed by atoms with Crippen molar-refractivity contribution in [1.29, 1.82) is 0 Å². The minimum absolute atomic E-state index is 0.597. The van der Waals surface area contributed by atoms with Crippen LogP contribution in [0.15, 0.2) is 60.8 Å². The van der Waals surface area contributed by atoms with E-state index >= 15 is 0 Å². The Hall–Kier alpha value is -2.68. The lowest BCUT2D eigenvalue weighted by atomic mass is 10.1. The van der Waals surface area contributed by atoms with Crippen molar-refractivity contribution in [3.8, 4) is 16.9 Å². The second-order valence-corrected chi connectivity index (χ2v) is 4.65. The molecule has 0 radical (unpaired) electrons. The van der Waals surface area contributed by atoms with E-state index in [-0.39, 0.29) is 0 Å². The summed E-state index contributed by atoms with van der Waals surface area (Å²) in [5.74, 6) is 0. The molecule has 98 valence electrons. The molecule has 2 aromatic carbocycles. The van der Waals surface area contributed by atoms with Gasteiger partial charge in [0.25, 0.3) is 0 Å². The molecule has 0 unspecified atom stereocenters.